The molecule has 0 atom stereocenters. The number of hydrogen-bond acceptors (Lipinski definition) is 5. The third-order valence-corrected chi connectivity index (χ3v) is 3.48. The number of nitriles is 1. The topological polar surface area (TPSA) is 89.0 Å². The van der Waals surface area contributed by atoms with Gasteiger partial charge < -0.3 is 4.74 Å². The van der Waals surface area contributed by atoms with Gasteiger partial charge in [0.15, 0.2) is 0 Å². The maximum Gasteiger partial charge on any atom is 0.279 e. The lowest BCUT2D eigenvalue weighted by Gasteiger charge is -2.11. The van der Waals surface area contributed by atoms with Crippen LogP contribution in [0.1, 0.15) is 11.1 Å². The summed E-state index contributed by atoms with van der Waals surface area (Å²) in [6.45, 7) is 1.84. The van der Waals surface area contributed by atoms with Crippen molar-refractivity contribution < 1.29 is 9.66 Å². The number of aryl methyl sites for hydroxylation is 1. The molecule has 6 heteroatoms. The summed E-state index contributed by atoms with van der Waals surface area (Å²) in [7, 11) is 0. The molecule has 0 bridgehead atoms. The first-order valence-corrected chi connectivity index (χ1v) is 6.80. The molecule has 0 aliphatic carbocycles. The SMILES string of the molecule is Cc1cc(C#N)ccc1Oc1ccc([N+](=O)[O-])c2cnccc12. The molecule has 23 heavy (non-hydrogen) atoms. The van der Waals surface area contributed by atoms with Crippen LogP contribution in [0.25, 0.3) is 10.8 Å². The summed E-state index contributed by atoms with van der Waals surface area (Å²) < 4.78 is 5.90. The average molecular weight is 305 g/mol. The first kappa shape index (κ1) is 14.5. The van der Waals surface area contributed by atoms with E-state index in [0.29, 0.717) is 27.8 Å². The monoisotopic (exact) mass is 305 g/mol. The number of benzene rings is 2. The van der Waals surface area contributed by atoms with Crippen LogP contribution >= 0.6 is 0 Å². The van der Waals surface area contributed by atoms with Crippen LogP contribution < -0.4 is 4.74 Å². The Morgan fingerprint density at radius 2 is 1.96 bits per heavy atom. The van der Waals surface area contributed by atoms with Crippen LogP contribution in [-0.2, 0) is 0 Å². The molecule has 2 aromatic carbocycles. The van der Waals surface area contributed by atoms with E-state index in [1.165, 1.54) is 12.3 Å². The number of pyridine rings is 1. The minimum atomic E-state index is -0.444. The molecule has 3 rings (SSSR count). The molecule has 0 amide bonds. The second-order valence-electron chi connectivity index (χ2n) is 4.96. The summed E-state index contributed by atoms with van der Waals surface area (Å²) in [6.07, 6.45) is 3.01. The van der Waals surface area contributed by atoms with Crippen LogP contribution in [0.5, 0.6) is 11.5 Å². The molecule has 0 radical (unpaired) electrons. The number of nitro benzene ring substituents is 1. The lowest BCUT2D eigenvalue weighted by molar-refractivity contribution is -0.383. The van der Waals surface area contributed by atoms with Gasteiger partial charge >= 0.3 is 0 Å². The summed E-state index contributed by atoms with van der Waals surface area (Å²) >= 11 is 0. The van der Waals surface area contributed by atoms with Crippen molar-refractivity contribution in [2.75, 3.05) is 0 Å². The van der Waals surface area contributed by atoms with E-state index in [1.807, 2.05) is 6.92 Å². The first-order chi connectivity index (χ1) is 11.1. The maximum absolute atomic E-state index is 11.1. The normalized spacial score (nSPS) is 10.3. The molecule has 6 nitrogen and oxygen atoms in total. The molecule has 0 saturated heterocycles. The zero-order chi connectivity index (χ0) is 16.4. The Balaban J connectivity index is 2.10. The van der Waals surface area contributed by atoms with Crippen molar-refractivity contribution in [3.63, 3.8) is 0 Å². The van der Waals surface area contributed by atoms with Gasteiger partial charge in [0.25, 0.3) is 5.69 Å². The van der Waals surface area contributed by atoms with Crippen LogP contribution in [0.4, 0.5) is 5.69 Å². The van der Waals surface area contributed by atoms with Crippen LogP contribution in [0, 0.1) is 28.4 Å². The van der Waals surface area contributed by atoms with Gasteiger partial charge in [0.2, 0.25) is 0 Å². The lowest BCUT2D eigenvalue weighted by Crippen LogP contribution is -1.94. The fraction of sp³-hybridized carbons (Fsp3) is 0.0588. The second-order valence-corrected chi connectivity index (χ2v) is 4.96. The fourth-order valence-electron chi connectivity index (χ4n) is 2.35. The van der Waals surface area contributed by atoms with E-state index < -0.39 is 4.92 Å². The molecule has 0 fully saturated rings. The predicted molar refractivity (Wildman–Crippen MR) is 84.4 cm³/mol. The Kier molecular flexibility index (Phi) is 3.61. The van der Waals surface area contributed by atoms with Crippen LogP contribution in [0.15, 0.2) is 48.8 Å². The van der Waals surface area contributed by atoms with E-state index in [4.69, 9.17) is 10.00 Å². The molecule has 112 valence electrons. The highest BCUT2D eigenvalue weighted by atomic mass is 16.6. The Morgan fingerprint density at radius 3 is 2.65 bits per heavy atom. The molecule has 0 N–H and O–H groups in total. The summed E-state index contributed by atoms with van der Waals surface area (Å²) in [5, 5.41) is 21.0. The third-order valence-electron chi connectivity index (χ3n) is 3.48. The first-order valence-electron chi connectivity index (χ1n) is 6.80. The molecule has 0 spiro atoms. The van der Waals surface area contributed by atoms with Gasteiger partial charge in [-0.3, -0.25) is 15.1 Å². The minimum absolute atomic E-state index is 0.0167. The Bertz CT molecular complexity index is 961. The van der Waals surface area contributed by atoms with Gasteiger partial charge in [-0.1, -0.05) is 0 Å². The van der Waals surface area contributed by atoms with E-state index in [-0.39, 0.29) is 5.69 Å². The number of fused-ring (bicyclic) bond motifs is 1. The number of hydrogen-bond donors (Lipinski definition) is 0. The lowest BCUT2D eigenvalue weighted by atomic mass is 10.1. The molecule has 3 aromatic rings. The molecular formula is C17H11N3O3. The zero-order valence-corrected chi connectivity index (χ0v) is 12.2. The number of non-ortho nitro benzene ring substituents is 1. The van der Waals surface area contributed by atoms with Crippen LogP contribution in [0.3, 0.4) is 0 Å². The zero-order valence-electron chi connectivity index (χ0n) is 12.2. The Hall–Kier alpha value is -3.46. The van der Waals surface area contributed by atoms with Gasteiger partial charge in [-0.25, -0.2) is 0 Å². The minimum Gasteiger partial charge on any atom is -0.456 e. The molecule has 1 aromatic heterocycles. The van der Waals surface area contributed by atoms with Crippen molar-refractivity contribution in [2.45, 2.75) is 6.92 Å². The van der Waals surface area contributed by atoms with Gasteiger partial charge in [0.1, 0.15) is 11.5 Å². The largest absolute Gasteiger partial charge is 0.456 e. The predicted octanol–water partition coefficient (Wildman–Crippen LogP) is 4.12. The average Bonchev–Trinajstić information content (AvgIpc) is 2.56. The van der Waals surface area contributed by atoms with Gasteiger partial charge in [-0.05, 0) is 42.8 Å². The van der Waals surface area contributed by atoms with E-state index >= 15 is 0 Å². The molecule has 0 aliphatic rings. The highest BCUT2D eigenvalue weighted by molar-refractivity contribution is 5.94. The molecular weight excluding hydrogens is 294 g/mol. The summed E-state index contributed by atoms with van der Waals surface area (Å²) in [4.78, 5) is 14.6. The molecule has 1 heterocycles. The third kappa shape index (κ3) is 2.68. The standard InChI is InChI=1S/C17H11N3O3/c1-11-8-12(9-18)2-4-16(11)23-17-5-3-15(20(21)22)14-10-19-7-6-13(14)17/h2-8,10H,1H3. The van der Waals surface area contributed by atoms with Crippen molar-refractivity contribution in [3.05, 3.63) is 70.0 Å². The van der Waals surface area contributed by atoms with Gasteiger partial charge in [0, 0.05) is 23.8 Å². The van der Waals surface area contributed by atoms with Gasteiger partial charge in [-0.15, -0.1) is 0 Å². The summed E-state index contributed by atoms with van der Waals surface area (Å²) in [5.41, 5.74) is 1.34. The molecule has 0 saturated carbocycles. The van der Waals surface area contributed by atoms with E-state index in [1.54, 1.807) is 36.5 Å². The smallest absolute Gasteiger partial charge is 0.279 e. The van der Waals surface area contributed by atoms with Crippen molar-refractivity contribution >= 4 is 16.5 Å². The van der Waals surface area contributed by atoms with Crippen LogP contribution in [0.2, 0.25) is 0 Å². The summed E-state index contributed by atoms with van der Waals surface area (Å²) in [5.74, 6) is 1.09. The summed E-state index contributed by atoms with van der Waals surface area (Å²) in [6, 6.07) is 11.8. The molecule has 0 aliphatic heterocycles. The number of nitrogens with zero attached hydrogens (tertiary/aromatic N) is 3. The number of aromatic nitrogens is 1. The quantitative estimate of drug-likeness (QED) is 0.536. The van der Waals surface area contributed by atoms with Crippen molar-refractivity contribution in [1.29, 1.82) is 5.26 Å². The van der Waals surface area contributed by atoms with E-state index in [2.05, 4.69) is 11.1 Å². The van der Waals surface area contributed by atoms with E-state index in [9.17, 15) is 10.1 Å². The number of ether oxygens (including phenoxy) is 1. The number of rotatable bonds is 3. The van der Waals surface area contributed by atoms with E-state index in [0.717, 1.165) is 5.56 Å². The van der Waals surface area contributed by atoms with Crippen molar-refractivity contribution in [2.24, 2.45) is 0 Å². The maximum atomic E-state index is 11.1. The highest BCUT2D eigenvalue weighted by Crippen LogP contribution is 2.35. The Morgan fingerprint density at radius 1 is 1.17 bits per heavy atom. The molecule has 0 unspecified atom stereocenters. The van der Waals surface area contributed by atoms with Crippen LogP contribution in [-0.4, -0.2) is 9.91 Å². The van der Waals surface area contributed by atoms with Gasteiger partial charge in [0.05, 0.1) is 21.9 Å². The second kappa shape index (κ2) is 5.73. The number of nitro groups is 1. The Labute approximate surface area is 131 Å². The van der Waals surface area contributed by atoms with Crippen molar-refractivity contribution in [3.8, 4) is 17.6 Å². The fourth-order valence-corrected chi connectivity index (χ4v) is 2.35. The highest BCUT2D eigenvalue weighted by Gasteiger charge is 2.16. The van der Waals surface area contributed by atoms with Crippen molar-refractivity contribution in [1.82, 2.24) is 4.98 Å². The van der Waals surface area contributed by atoms with Gasteiger partial charge in [-0.2, -0.15) is 5.26 Å².